The van der Waals surface area contributed by atoms with Gasteiger partial charge in [-0.25, -0.2) is 4.39 Å². The smallest absolute Gasteiger partial charge is 0.310 e. The summed E-state index contributed by atoms with van der Waals surface area (Å²) in [6.07, 6.45) is 0.404. The van der Waals surface area contributed by atoms with E-state index in [1.54, 1.807) is 12.1 Å². The average molecular weight is 211 g/mol. The molecule has 0 aromatic heterocycles. The summed E-state index contributed by atoms with van der Waals surface area (Å²) in [4.78, 5) is 11.2. The Kier molecular flexibility index (Phi) is 4.24. The molecule has 0 spiro atoms. The van der Waals surface area contributed by atoms with Gasteiger partial charge in [-0.1, -0.05) is 12.1 Å². The Hall–Kier alpha value is -1.42. The van der Waals surface area contributed by atoms with Crippen LogP contribution in [0.2, 0.25) is 0 Å². The van der Waals surface area contributed by atoms with E-state index in [1.807, 2.05) is 0 Å². The number of methoxy groups -OCH3 is 1. The molecule has 0 amide bonds. The van der Waals surface area contributed by atoms with Gasteiger partial charge >= 0.3 is 5.97 Å². The lowest BCUT2D eigenvalue weighted by molar-refractivity contribution is -0.145. The molecule has 2 N–H and O–H groups in total. The van der Waals surface area contributed by atoms with Crippen LogP contribution in [0.25, 0.3) is 0 Å². The number of nitrogens with two attached hydrogens (primary N) is 1. The number of esters is 1. The fourth-order valence-electron chi connectivity index (χ4n) is 1.38. The number of halogens is 1. The third-order valence-electron chi connectivity index (χ3n) is 2.19. The van der Waals surface area contributed by atoms with Gasteiger partial charge in [-0.3, -0.25) is 4.79 Å². The van der Waals surface area contributed by atoms with E-state index < -0.39 is 5.92 Å². The third kappa shape index (κ3) is 3.32. The van der Waals surface area contributed by atoms with Crippen molar-refractivity contribution in [1.29, 1.82) is 0 Å². The number of carbonyl (C=O) groups is 1. The minimum atomic E-state index is -0.406. The lowest BCUT2D eigenvalue weighted by Crippen LogP contribution is -2.26. The van der Waals surface area contributed by atoms with Gasteiger partial charge in [0.25, 0.3) is 0 Å². The van der Waals surface area contributed by atoms with Crippen LogP contribution < -0.4 is 5.73 Å². The van der Waals surface area contributed by atoms with E-state index in [0.717, 1.165) is 5.56 Å². The lowest BCUT2D eigenvalue weighted by atomic mass is 9.99. The van der Waals surface area contributed by atoms with Gasteiger partial charge < -0.3 is 10.5 Å². The summed E-state index contributed by atoms with van der Waals surface area (Å²) >= 11 is 0. The Morgan fingerprint density at radius 2 is 2.33 bits per heavy atom. The minimum Gasteiger partial charge on any atom is -0.469 e. The largest absolute Gasteiger partial charge is 0.469 e. The van der Waals surface area contributed by atoms with Gasteiger partial charge in [0, 0.05) is 6.54 Å². The molecule has 0 heterocycles. The van der Waals surface area contributed by atoms with Gasteiger partial charge in [0.2, 0.25) is 0 Å². The molecule has 3 nitrogen and oxygen atoms in total. The number of carbonyl (C=O) groups excluding carboxylic acids is 1. The molecule has 0 saturated heterocycles. The molecule has 1 aromatic carbocycles. The monoisotopic (exact) mass is 211 g/mol. The molecular weight excluding hydrogens is 197 g/mol. The van der Waals surface area contributed by atoms with Crippen molar-refractivity contribution in [2.75, 3.05) is 13.7 Å². The van der Waals surface area contributed by atoms with E-state index in [2.05, 4.69) is 4.74 Å². The number of rotatable bonds is 4. The molecule has 0 bridgehead atoms. The van der Waals surface area contributed by atoms with E-state index in [-0.39, 0.29) is 18.3 Å². The maximum Gasteiger partial charge on any atom is 0.310 e. The number of hydrogen-bond donors (Lipinski definition) is 1. The summed E-state index contributed by atoms with van der Waals surface area (Å²) in [5.74, 6) is -1.08. The molecule has 1 rings (SSSR count). The topological polar surface area (TPSA) is 52.3 Å². The van der Waals surface area contributed by atoms with Crippen molar-refractivity contribution in [3.63, 3.8) is 0 Å². The molecule has 1 atom stereocenters. The van der Waals surface area contributed by atoms with Crippen molar-refractivity contribution in [3.05, 3.63) is 35.6 Å². The fourth-order valence-corrected chi connectivity index (χ4v) is 1.38. The van der Waals surface area contributed by atoms with Crippen LogP contribution in [0.15, 0.2) is 24.3 Å². The minimum absolute atomic E-state index is 0.198. The molecule has 0 unspecified atom stereocenters. The maximum atomic E-state index is 12.9. The molecule has 0 radical (unpaired) electrons. The summed E-state index contributed by atoms with van der Waals surface area (Å²) in [5, 5.41) is 0. The van der Waals surface area contributed by atoms with Crippen LogP contribution in [0.1, 0.15) is 5.56 Å². The molecular formula is C11H14FNO2. The highest BCUT2D eigenvalue weighted by Crippen LogP contribution is 2.10. The zero-order valence-corrected chi connectivity index (χ0v) is 8.57. The Morgan fingerprint density at radius 1 is 1.60 bits per heavy atom. The first-order valence-corrected chi connectivity index (χ1v) is 4.69. The molecule has 0 aliphatic carbocycles. The van der Waals surface area contributed by atoms with E-state index in [0.29, 0.717) is 6.42 Å². The predicted octanol–water partition coefficient (Wildman–Crippen LogP) is 1.12. The van der Waals surface area contributed by atoms with Gasteiger partial charge in [-0.15, -0.1) is 0 Å². The zero-order valence-electron chi connectivity index (χ0n) is 8.57. The molecule has 1 aromatic rings. The number of ether oxygens (including phenoxy) is 1. The van der Waals surface area contributed by atoms with E-state index in [4.69, 9.17) is 5.73 Å². The van der Waals surface area contributed by atoms with Gasteiger partial charge in [-0.05, 0) is 24.1 Å². The molecule has 0 fully saturated rings. The first-order chi connectivity index (χ1) is 7.17. The fraction of sp³-hybridized carbons (Fsp3) is 0.364. The van der Waals surface area contributed by atoms with E-state index in [9.17, 15) is 9.18 Å². The van der Waals surface area contributed by atoms with Crippen LogP contribution in [0, 0.1) is 11.7 Å². The first kappa shape index (κ1) is 11.7. The van der Waals surface area contributed by atoms with Crippen molar-refractivity contribution in [2.45, 2.75) is 6.42 Å². The SMILES string of the molecule is COC(=O)[C@@H](CN)Cc1cccc(F)c1. The highest BCUT2D eigenvalue weighted by molar-refractivity contribution is 5.72. The third-order valence-corrected chi connectivity index (χ3v) is 2.19. The Labute approximate surface area is 88.0 Å². The summed E-state index contributed by atoms with van der Waals surface area (Å²) in [5.41, 5.74) is 6.19. The normalized spacial score (nSPS) is 12.2. The second-order valence-electron chi connectivity index (χ2n) is 3.29. The van der Waals surface area contributed by atoms with Gasteiger partial charge in [0.15, 0.2) is 0 Å². The second-order valence-corrected chi connectivity index (χ2v) is 3.29. The van der Waals surface area contributed by atoms with Crippen molar-refractivity contribution >= 4 is 5.97 Å². The van der Waals surface area contributed by atoms with Gasteiger partial charge in [0.05, 0.1) is 13.0 Å². The zero-order chi connectivity index (χ0) is 11.3. The van der Waals surface area contributed by atoms with Crippen LogP contribution in [-0.4, -0.2) is 19.6 Å². The molecule has 0 aliphatic heterocycles. The predicted molar refractivity (Wildman–Crippen MR) is 54.7 cm³/mol. The summed E-state index contributed by atoms with van der Waals surface area (Å²) < 4.78 is 17.5. The highest BCUT2D eigenvalue weighted by Gasteiger charge is 2.17. The Morgan fingerprint density at radius 3 is 2.87 bits per heavy atom. The first-order valence-electron chi connectivity index (χ1n) is 4.69. The molecule has 15 heavy (non-hydrogen) atoms. The van der Waals surface area contributed by atoms with Crippen LogP contribution in [0.3, 0.4) is 0 Å². The quantitative estimate of drug-likeness (QED) is 0.759. The maximum absolute atomic E-state index is 12.9. The summed E-state index contributed by atoms with van der Waals surface area (Å²) in [7, 11) is 1.32. The Balaban J connectivity index is 2.70. The summed E-state index contributed by atoms with van der Waals surface area (Å²) in [6, 6.07) is 6.12. The molecule has 0 saturated carbocycles. The molecule has 82 valence electrons. The van der Waals surface area contributed by atoms with Crippen molar-refractivity contribution < 1.29 is 13.9 Å². The van der Waals surface area contributed by atoms with Gasteiger partial charge in [0.1, 0.15) is 5.82 Å². The molecule has 0 aliphatic rings. The average Bonchev–Trinajstić information content (AvgIpc) is 2.25. The van der Waals surface area contributed by atoms with Crippen LogP contribution >= 0.6 is 0 Å². The van der Waals surface area contributed by atoms with E-state index in [1.165, 1.54) is 19.2 Å². The van der Waals surface area contributed by atoms with Crippen molar-refractivity contribution in [2.24, 2.45) is 11.7 Å². The highest BCUT2D eigenvalue weighted by atomic mass is 19.1. The van der Waals surface area contributed by atoms with Crippen molar-refractivity contribution in [1.82, 2.24) is 0 Å². The lowest BCUT2D eigenvalue weighted by Gasteiger charge is -2.11. The van der Waals surface area contributed by atoms with Crippen molar-refractivity contribution in [3.8, 4) is 0 Å². The number of hydrogen-bond acceptors (Lipinski definition) is 3. The van der Waals surface area contributed by atoms with Crippen LogP contribution in [-0.2, 0) is 16.0 Å². The summed E-state index contributed by atoms with van der Waals surface area (Å²) in [6.45, 7) is 0.198. The second kappa shape index (κ2) is 5.46. The van der Waals surface area contributed by atoms with Crippen LogP contribution in [0.4, 0.5) is 4.39 Å². The molecule has 4 heteroatoms. The Bertz CT molecular complexity index is 341. The van der Waals surface area contributed by atoms with Gasteiger partial charge in [-0.2, -0.15) is 0 Å². The number of benzene rings is 1. The standard InChI is InChI=1S/C11H14FNO2/c1-15-11(14)9(7-13)5-8-3-2-4-10(12)6-8/h2-4,6,9H,5,7,13H2,1H3/t9-/m1/s1. The van der Waals surface area contributed by atoms with Crippen LogP contribution in [0.5, 0.6) is 0 Å². The van der Waals surface area contributed by atoms with E-state index >= 15 is 0 Å².